The van der Waals surface area contributed by atoms with E-state index in [4.69, 9.17) is 4.74 Å². The summed E-state index contributed by atoms with van der Waals surface area (Å²) in [5, 5.41) is 21.5. The summed E-state index contributed by atoms with van der Waals surface area (Å²) in [4.78, 5) is 28.0. The van der Waals surface area contributed by atoms with Crippen LogP contribution in [0.5, 0.6) is 11.5 Å². The summed E-state index contributed by atoms with van der Waals surface area (Å²) in [5.41, 5.74) is -0.109. The van der Waals surface area contributed by atoms with Crippen molar-refractivity contribution in [3.05, 3.63) is 32.7 Å². The molecule has 0 aliphatic carbocycles. The number of hydrogen-bond donors (Lipinski definition) is 1. The first-order valence-electron chi connectivity index (χ1n) is 6.08. The lowest BCUT2D eigenvalue weighted by Crippen LogP contribution is -2.23. The standard InChI is InChI=1S/C13H13N3O5S/c1-14-13-15(2)12(18)10(22-13)5-7-4-8(16(19)20)6-9(21-3)11(7)17/h4-6,17H,1-3H3/b10-5+,14-13?. The van der Waals surface area contributed by atoms with Gasteiger partial charge in [0.1, 0.15) is 0 Å². The summed E-state index contributed by atoms with van der Waals surface area (Å²) in [7, 11) is 4.43. The molecule has 1 saturated heterocycles. The summed E-state index contributed by atoms with van der Waals surface area (Å²) in [6, 6.07) is 2.30. The number of nitro groups is 1. The summed E-state index contributed by atoms with van der Waals surface area (Å²) < 4.78 is 4.92. The summed E-state index contributed by atoms with van der Waals surface area (Å²) >= 11 is 1.12. The van der Waals surface area contributed by atoms with E-state index in [0.29, 0.717) is 10.1 Å². The molecule has 1 N–H and O–H groups in total. The second-order valence-corrected chi connectivity index (χ2v) is 5.33. The van der Waals surface area contributed by atoms with Gasteiger partial charge in [-0.25, -0.2) is 0 Å². The number of amides is 1. The molecule has 0 aromatic heterocycles. The van der Waals surface area contributed by atoms with Crippen molar-refractivity contribution in [3.63, 3.8) is 0 Å². The van der Waals surface area contributed by atoms with Gasteiger partial charge >= 0.3 is 0 Å². The second kappa shape index (κ2) is 6.06. The zero-order valence-corrected chi connectivity index (χ0v) is 12.9. The van der Waals surface area contributed by atoms with Crippen molar-refractivity contribution in [3.8, 4) is 11.5 Å². The number of ether oxygens (including phenoxy) is 1. The van der Waals surface area contributed by atoms with Crippen LogP contribution in [0, 0.1) is 10.1 Å². The molecule has 0 radical (unpaired) electrons. The van der Waals surface area contributed by atoms with Gasteiger partial charge in [-0.05, 0) is 17.8 Å². The molecule has 0 bridgehead atoms. The molecule has 0 unspecified atom stereocenters. The third kappa shape index (κ3) is 2.75. The van der Waals surface area contributed by atoms with Crippen LogP contribution in [0.2, 0.25) is 0 Å². The zero-order valence-electron chi connectivity index (χ0n) is 12.1. The molecular weight excluding hydrogens is 310 g/mol. The maximum Gasteiger partial charge on any atom is 0.274 e. The van der Waals surface area contributed by atoms with E-state index in [9.17, 15) is 20.0 Å². The van der Waals surface area contributed by atoms with E-state index in [-0.39, 0.29) is 28.7 Å². The average molecular weight is 323 g/mol. The van der Waals surface area contributed by atoms with Crippen LogP contribution in [-0.2, 0) is 4.79 Å². The molecule has 0 atom stereocenters. The minimum atomic E-state index is -0.599. The van der Waals surface area contributed by atoms with Crippen LogP contribution in [-0.4, -0.2) is 47.2 Å². The first-order valence-corrected chi connectivity index (χ1v) is 6.90. The van der Waals surface area contributed by atoms with Crippen molar-refractivity contribution >= 4 is 34.6 Å². The topological polar surface area (TPSA) is 105 Å². The van der Waals surface area contributed by atoms with Crippen LogP contribution in [0.1, 0.15) is 5.56 Å². The zero-order chi connectivity index (χ0) is 16.4. The lowest BCUT2D eigenvalue weighted by atomic mass is 10.1. The van der Waals surface area contributed by atoms with E-state index in [0.717, 1.165) is 17.8 Å². The largest absolute Gasteiger partial charge is 0.504 e. The molecule has 1 aromatic carbocycles. The molecule has 1 aliphatic rings. The smallest absolute Gasteiger partial charge is 0.274 e. The van der Waals surface area contributed by atoms with Gasteiger partial charge in [-0.1, -0.05) is 0 Å². The Hall–Kier alpha value is -2.55. The molecule has 0 spiro atoms. The number of amidine groups is 1. The Labute approximate surface area is 130 Å². The first-order chi connectivity index (χ1) is 10.4. The van der Waals surface area contributed by atoms with E-state index in [1.165, 1.54) is 24.2 Å². The summed E-state index contributed by atoms with van der Waals surface area (Å²) in [5.74, 6) is -0.594. The van der Waals surface area contributed by atoms with Crippen molar-refractivity contribution in [2.75, 3.05) is 21.2 Å². The quantitative estimate of drug-likeness (QED) is 0.517. The highest BCUT2D eigenvalue weighted by Crippen LogP contribution is 2.38. The van der Waals surface area contributed by atoms with Crippen molar-refractivity contribution in [2.24, 2.45) is 4.99 Å². The Bertz CT molecular complexity index is 714. The number of carbonyl (C=O) groups excluding carboxylic acids is 1. The molecule has 1 aromatic rings. The lowest BCUT2D eigenvalue weighted by molar-refractivity contribution is -0.385. The predicted octanol–water partition coefficient (Wildman–Crippen LogP) is 1.84. The molecule has 116 valence electrons. The van der Waals surface area contributed by atoms with Crippen LogP contribution in [0.3, 0.4) is 0 Å². The molecule has 1 fully saturated rings. The lowest BCUT2D eigenvalue weighted by Gasteiger charge is -2.07. The fourth-order valence-corrected chi connectivity index (χ4v) is 2.79. The Morgan fingerprint density at radius 3 is 2.68 bits per heavy atom. The van der Waals surface area contributed by atoms with Gasteiger partial charge < -0.3 is 9.84 Å². The number of phenols is 1. The van der Waals surface area contributed by atoms with Crippen molar-refractivity contribution in [2.45, 2.75) is 0 Å². The Balaban J connectivity index is 2.54. The average Bonchev–Trinajstić information content (AvgIpc) is 2.76. The molecule has 9 heteroatoms. The third-order valence-corrected chi connectivity index (χ3v) is 4.15. The van der Waals surface area contributed by atoms with Gasteiger partial charge in [-0.15, -0.1) is 0 Å². The molecule has 1 amide bonds. The molecule has 22 heavy (non-hydrogen) atoms. The number of methoxy groups -OCH3 is 1. The Kier molecular flexibility index (Phi) is 4.36. The molecule has 0 saturated carbocycles. The van der Waals surface area contributed by atoms with Crippen LogP contribution in [0.25, 0.3) is 6.08 Å². The number of nitro benzene ring substituents is 1. The minimum Gasteiger partial charge on any atom is -0.504 e. The molecule has 1 aliphatic heterocycles. The number of aromatic hydroxyl groups is 1. The van der Waals surface area contributed by atoms with E-state index >= 15 is 0 Å². The van der Waals surface area contributed by atoms with Crippen LogP contribution >= 0.6 is 11.8 Å². The number of phenolic OH excluding ortho intramolecular Hbond substituents is 1. The second-order valence-electron chi connectivity index (χ2n) is 4.32. The van der Waals surface area contributed by atoms with Gasteiger partial charge in [0, 0.05) is 25.7 Å². The predicted molar refractivity (Wildman–Crippen MR) is 83.0 cm³/mol. The van der Waals surface area contributed by atoms with Crippen LogP contribution in [0.4, 0.5) is 5.69 Å². The SMILES string of the molecule is CN=C1S/C(=C/c2cc([N+](=O)[O-])cc(OC)c2O)C(=O)N1C. The molecule has 1 heterocycles. The molecule has 8 nitrogen and oxygen atoms in total. The summed E-state index contributed by atoms with van der Waals surface area (Å²) in [6.07, 6.45) is 1.38. The number of aliphatic imine (C=N–C) groups is 1. The number of hydrogen-bond acceptors (Lipinski definition) is 7. The van der Waals surface area contributed by atoms with E-state index in [1.807, 2.05) is 0 Å². The van der Waals surface area contributed by atoms with Gasteiger partial charge in [0.25, 0.3) is 11.6 Å². The number of carbonyl (C=O) groups is 1. The maximum absolute atomic E-state index is 12.1. The highest BCUT2D eigenvalue weighted by Gasteiger charge is 2.30. The monoisotopic (exact) mass is 323 g/mol. The van der Waals surface area contributed by atoms with Crippen molar-refractivity contribution < 1.29 is 19.6 Å². The fraction of sp³-hybridized carbons (Fsp3) is 0.231. The van der Waals surface area contributed by atoms with Gasteiger partial charge in [0.2, 0.25) is 0 Å². The molecular formula is C13H13N3O5S. The van der Waals surface area contributed by atoms with Gasteiger partial charge in [0.15, 0.2) is 16.7 Å². The first kappa shape index (κ1) is 15.8. The maximum atomic E-state index is 12.1. The van der Waals surface area contributed by atoms with E-state index in [2.05, 4.69) is 4.99 Å². The number of rotatable bonds is 3. The number of non-ortho nitro benzene ring substituents is 1. The van der Waals surface area contributed by atoms with E-state index < -0.39 is 4.92 Å². The number of likely N-dealkylation sites (N-methyl/N-ethyl adjacent to an activating group) is 1. The minimum absolute atomic E-state index is 0.0331. The molecule has 2 rings (SSSR count). The number of thioether (sulfide) groups is 1. The normalized spacial score (nSPS) is 18.3. The highest BCUT2D eigenvalue weighted by atomic mass is 32.2. The fourth-order valence-electron chi connectivity index (χ4n) is 1.88. The van der Waals surface area contributed by atoms with Gasteiger partial charge in [0.05, 0.1) is 23.0 Å². The summed E-state index contributed by atoms with van der Waals surface area (Å²) in [6.45, 7) is 0. The third-order valence-electron chi connectivity index (χ3n) is 3.00. The Morgan fingerprint density at radius 1 is 1.50 bits per heavy atom. The van der Waals surface area contributed by atoms with E-state index in [1.54, 1.807) is 14.1 Å². The van der Waals surface area contributed by atoms with Crippen LogP contribution < -0.4 is 4.74 Å². The number of benzene rings is 1. The van der Waals surface area contributed by atoms with Crippen LogP contribution in [0.15, 0.2) is 22.0 Å². The van der Waals surface area contributed by atoms with Crippen molar-refractivity contribution in [1.82, 2.24) is 4.90 Å². The van der Waals surface area contributed by atoms with Crippen molar-refractivity contribution in [1.29, 1.82) is 0 Å². The van der Waals surface area contributed by atoms with Gasteiger partial charge in [-0.2, -0.15) is 0 Å². The number of nitrogens with zero attached hydrogens (tertiary/aromatic N) is 3. The van der Waals surface area contributed by atoms with Gasteiger partial charge in [-0.3, -0.25) is 24.8 Å². The Morgan fingerprint density at radius 2 is 2.18 bits per heavy atom. The highest BCUT2D eigenvalue weighted by molar-refractivity contribution is 8.18.